The van der Waals surface area contributed by atoms with Gasteiger partial charge in [-0.25, -0.2) is 8.42 Å². The van der Waals surface area contributed by atoms with Crippen LogP contribution in [0.15, 0.2) is 22.7 Å². The predicted molar refractivity (Wildman–Crippen MR) is 60.9 cm³/mol. The van der Waals surface area contributed by atoms with Crippen LogP contribution in [0.3, 0.4) is 0 Å². The van der Waals surface area contributed by atoms with Crippen molar-refractivity contribution >= 4 is 25.8 Å². The maximum absolute atomic E-state index is 12.6. The summed E-state index contributed by atoms with van der Waals surface area (Å²) in [5, 5.41) is 1.78. The highest BCUT2D eigenvalue weighted by Gasteiger charge is 2.33. The third-order valence-electron chi connectivity index (χ3n) is 1.68. The van der Waals surface area contributed by atoms with E-state index in [0.717, 1.165) is 12.3 Å². The van der Waals surface area contributed by atoms with Crippen LogP contribution in [-0.2, 0) is 16.0 Å². The van der Waals surface area contributed by atoms with Crippen molar-refractivity contribution in [2.75, 3.05) is 6.26 Å². The molecule has 0 heterocycles. The number of hydrogen-bond acceptors (Lipinski definition) is 2. The number of hydrogen-bond donors (Lipinski definition) is 0. The molecular weight excluding hydrogens is 321 g/mol. The van der Waals surface area contributed by atoms with Crippen LogP contribution in [0.5, 0.6) is 0 Å². The van der Waals surface area contributed by atoms with Gasteiger partial charge in [-0.1, -0.05) is 6.07 Å². The average Bonchev–Trinajstić information content (AvgIpc) is 2.12. The van der Waals surface area contributed by atoms with E-state index in [2.05, 4.69) is 15.9 Å². The fourth-order valence-electron chi connectivity index (χ4n) is 1.03. The van der Waals surface area contributed by atoms with Crippen LogP contribution in [0, 0.1) is 11.2 Å². The number of benzene rings is 1. The van der Waals surface area contributed by atoms with E-state index in [-0.39, 0.29) is 10.0 Å². The fraction of sp³-hybridized carbons (Fsp3) is 0.200. The van der Waals surface area contributed by atoms with E-state index >= 15 is 0 Å². The Balaban J connectivity index is 3.46. The van der Waals surface area contributed by atoms with Crippen LogP contribution in [0.25, 0.3) is 0 Å². The SMILES string of the molecule is CS(=O)(=O)C#Cc1c(Br)cccc1C(F)(F)F. The van der Waals surface area contributed by atoms with Crippen LogP contribution in [0.1, 0.15) is 11.1 Å². The molecule has 2 nitrogen and oxygen atoms in total. The molecule has 17 heavy (non-hydrogen) atoms. The normalized spacial score (nSPS) is 11.8. The highest BCUT2D eigenvalue weighted by Crippen LogP contribution is 2.34. The van der Waals surface area contributed by atoms with E-state index in [1.807, 2.05) is 5.92 Å². The van der Waals surface area contributed by atoms with Gasteiger partial charge in [-0.2, -0.15) is 13.2 Å². The van der Waals surface area contributed by atoms with Crippen LogP contribution in [0.4, 0.5) is 13.2 Å². The van der Waals surface area contributed by atoms with Crippen LogP contribution >= 0.6 is 15.9 Å². The van der Waals surface area contributed by atoms with Gasteiger partial charge >= 0.3 is 6.18 Å². The summed E-state index contributed by atoms with van der Waals surface area (Å²) in [6.45, 7) is 0. The van der Waals surface area contributed by atoms with Gasteiger partial charge in [0, 0.05) is 9.73 Å². The Morgan fingerprint density at radius 1 is 1.29 bits per heavy atom. The van der Waals surface area contributed by atoms with Gasteiger partial charge in [-0.15, -0.1) is 0 Å². The van der Waals surface area contributed by atoms with Gasteiger partial charge < -0.3 is 0 Å². The quantitative estimate of drug-likeness (QED) is 0.687. The molecule has 0 radical (unpaired) electrons. The molecule has 1 aromatic rings. The average molecular weight is 327 g/mol. The molecule has 0 aliphatic rings. The lowest BCUT2D eigenvalue weighted by atomic mass is 10.1. The smallest absolute Gasteiger partial charge is 0.216 e. The summed E-state index contributed by atoms with van der Waals surface area (Å²) in [4.78, 5) is 0. The lowest BCUT2D eigenvalue weighted by Gasteiger charge is -2.09. The molecular formula is C10H6BrF3O2S. The van der Waals surface area contributed by atoms with E-state index < -0.39 is 21.6 Å². The number of halogens is 4. The maximum Gasteiger partial charge on any atom is 0.417 e. The molecule has 0 N–H and O–H groups in total. The van der Waals surface area contributed by atoms with Gasteiger partial charge in [-0.3, -0.25) is 0 Å². The van der Waals surface area contributed by atoms with Gasteiger partial charge in [0.2, 0.25) is 9.84 Å². The van der Waals surface area contributed by atoms with Crippen molar-refractivity contribution in [1.82, 2.24) is 0 Å². The molecule has 0 aromatic heterocycles. The molecule has 0 aliphatic carbocycles. The van der Waals surface area contributed by atoms with Crippen molar-refractivity contribution in [2.45, 2.75) is 6.18 Å². The van der Waals surface area contributed by atoms with Crippen molar-refractivity contribution < 1.29 is 21.6 Å². The summed E-state index contributed by atoms with van der Waals surface area (Å²) < 4.78 is 59.5. The predicted octanol–water partition coefficient (Wildman–Crippen LogP) is 2.82. The van der Waals surface area contributed by atoms with Gasteiger partial charge in [0.05, 0.1) is 17.4 Å². The van der Waals surface area contributed by atoms with Crippen LogP contribution in [-0.4, -0.2) is 14.7 Å². The molecule has 92 valence electrons. The first kappa shape index (κ1) is 14.1. The first-order valence-corrected chi connectivity index (χ1v) is 6.88. The minimum absolute atomic E-state index is 0.100. The number of sulfone groups is 1. The van der Waals surface area contributed by atoms with E-state index in [0.29, 0.717) is 0 Å². The van der Waals surface area contributed by atoms with Crippen LogP contribution < -0.4 is 0 Å². The molecule has 1 rings (SSSR count). The van der Waals surface area contributed by atoms with Crippen LogP contribution in [0.2, 0.25) is 0 Å². The van der Waals surface area contributed by atoms with Crippen molar-refractivity contribution in [2.24, 2.45) is 0 Å². The molecule has 0 bridgehead atoms. The monoisotopic (exact) mass is 326 g/mol. The minimum Gasteiger partial charge on any atom is -0.216 e. The summed E-state index contributed by atoms with van der Waals surface area (Å²) in [6, 6.07) is 3.41. The Bertz CT molecular complexity index is 594. The Morgan fingerprint density at radius 2 is 1.88 bits per heavy atom. The van der Waals surface area contributed by atoms with Crippen molar-refractivity contribution in [3.63, 3.8) is 0 Å². The lowest BCUT2D eigenvalue weighted by Crippen LogP contribution is -2.08. The molecule has 0 atom stereocenters. The zero-order valence-corrected chi connectivity index (χ0v) is 10.9. The summed E-state index contributed by atoms with van der Waals surface area (Å²) in [7, 11) is -3.65. The first-order chi connectivity index (χ1) is 7.61. The van der Waals surface area contributed by atoms with E-state index in [4.69, 9.17) is 0 Å². The largest absolute Gasteiger partial charge is 0.417 e. The molecule has 0 fully saturated rings. The molecule has 0 amide bonds. The molecule has 0 saturated carbocycles. The van der Waals surface area contributed by atoms with Gasteiger partial charge in [0.25, 0.3) is 0 Å². The second kappa shape index (κ2) is 4.70. The van der Waals surface area contributed by atoms with Crippen molar-refractivity contribution in [1.29, 1.82) is 0 Å². The Morgan fingerprint density at radius 3 is 2.35 bits per heavy atom. The van der Waals surface area contributed by atoms with E-state index in [9.17, 15) is 21.6 Å². The Kier molecular flexibility index (Phi) is 3.89. The molecule has 0 spiro atoms. The molecule has 0 unspecified atom stereocenters. The molecule has 1 aromatic carbocycles. The lowest BCUT2D eigenvalue weighted by molar-refractivity contribution is -0.137. The first-order valence-electron chi connectivity index (χ1n) is 4.20. The summed E-state index contributed by atoms with van der Waals surface area (Å²) >= 11 is 2.91. The molecule has 7 heteroatoms. The summed E-state index contributed by atoms with van der Waals surface area (Å²) in [5.41, 5.74) is -1.35. The number of rotatable bonds is 0. The standard InChI is InChI=1S/C10H6BrF3O2S/c1-17(15,16)6-5-7-8(10(12,13)14)3-2-4-9(7)11/h2-4H,1H3. The zero-order valence-electron chi connectivity index (χ0n) is 8.47. The third-order valence-corrected chi connectivity index (χ3v) is 2.81. The van der Waals surface area contributed by atoms with Gasteiger partial charge in [0.15, 0.2) is 0 Å². The third kappa shape index (κ3) is 4.06. The van der Waals surface area contributed by atoms with Gasteiger partial charge in [0.1, 0.15) is 0 Å². The van der Waals surface area contributed by atoms with Crippen molar-refractivity contribution in [3.8, 4) is 11.2 Å². The number of alkyl halides is 3. The maximum atomic E-state index is 12.6. The second-order valence-electron chi connectivity index (χ2n) is 3.16. The van der Waals surface area contributed by atoms with Crippen molar-refractivity contribution in [3.05, 3.63) is 33.8 Å². The topological polar surface area (TPSA) is 34.1 Å². The minimum atomic E-state index is -4.58. The molecule has 0 saturated heterocycles. The summed E-state index contributed by atoms with van der Waals surface area (Å²) in [5.74, 6) is 2.02. The van der Waals surface area contributed by atoms with E-state index in [1.54, 1.807) is 5.25 Å². The molecule has 0 aliphatic heterocycles. The van der Waals surface area contributed by atoms with Gasteiger partial charge in [-0.05, 0) is 34.0 Å². The highest BCUT2D eigenvalue weighted by molar-refractivity contribution is 9.10. The zero-order chi connectivity index (χ0) is 13.3. The highest BCUT2D eigenvalue weighted by atomic mass is 79.9. The Hall–Kier alpha value is -1.00. The fourth-order valence-corrected chi connectivity index (χ4v) is 1.78. The van der Waals surface area contributed by atoms with E-state index in [1.165, 1.54) is 12.1 Å². The summed E-state index contributed by atoms with van der Waals surface area (Å²) in [6.07, 6.45) is -3.75. The second-order valence-corrected chi connectivity index (χ2v) is 5.76. The Labute approximate surface area is 105 Å².